The van der Waals surface area contributed by atoms with Gasteiger partial charge in [0.1, 0.15) is 5.15 Å². The van der Waals surface area contributed by atoms with Gasteiger partial charge in [-0.1, -0.05) is 29.8 Å². The summed E-state index contributed by atoms with van der Waals surface area (Å²) in [5.74, 6) is 0.279. The molecule has 0 spiro atoms. The first-order chi connectivity index (χ1) is 11.4. The first-order valence-corrected chi connectivity index (χ1v) is 9.85. The average molecular weight is 367 g/mol. The first kappa shape index (κ1) is 17.0. The Labute approximate surface area is 146 Å². The van der Waals surface area contributed by atoms with Crippen molar-refractivity contribution in [3.05, 3.63) is 46.7 Å². The minimum Gasteiger partial charge on any atom is -0.269 e. The Morgan fingerprint density at radius 1 is 1.38 bits per heavy atom. The number of nitrogens with zero attached hydrogens (tertiary/aromatic N) is 4. The topological polar surface area (TPSA) is 67.6 Å². The SMILES string of the molecule is Cc1nn([C@@H]2CCS(=O)(=O)C2)c(Cl)c1/C=N\N(C)c1ccccc1. The number of anilines is 1. The molecule has 1 aliphatic rings. The van der Waals surface area contributed by atoms with Gasteiger partial charge >= 0.3 is 0 Å². The van der Waals surface area contributed by atoms with Gasteiger partial charge in [-0.2, -0.15) is 10.2 Å². The Balaban J connectivity index is 1.83. The fraction of sp³-hybridized carbons (Fsp3) is 0.375. The van der Waals surface area contributed by atoms with Crippen LogP contribution >= 0.6 is 11.6 Å². The molecule has 1 fully saturated rings. The van der Waals surface area contributed by atoms with Gasteiger partial charge in [-0.3, -0.25) is 5.01 Å². The van der Waals surface area contributed by atoms with Crippen LogP contribution in [-0.4, -0.2) is 43.0 Å². The van der Waals surface area contributed by atoms with Crippen LogP contribution < -0.4 is 5.01 Å². The third kappa shape index (κ3) is 3.47. The third-order valence-electron chi connectivity index (χ3n) is 4.12. The lowest BCUT2D eigenvalue weighted by Crippen LogP contribution is -2.12. The molecular weight excluding hydrogens is 348 g/mol. The molecule has 1 aromatic heterocycles. The second-order valence-electron chi connectivity index (χ2n) is 5.90. The molecule has 0 aliphatic carbocycles. The highest BCUT2D eigenvalue weighted by molar-refractivity contribution is 7.91. The number of hydrogen-bond donors (Lipinski definition) is 0. The molecule has 128 valence electrons. The Bertz CT molecular complexity index is 862. The Kier molecular flexibility index (Phi) is 4.64. The number of rotatable bonds is 4. The van der Waals surface area contributed by atoms with E-state index in [1.54, 1.807) is 15.9 Å². The minimum absolute atomic E-state index is 0.0916. The normalized spacial score (nSPS) is 19.9. The molecule has 6 nitrogen and oxygen atoms in total. The summed E-state index contributed by atoms with van der Waals surface area (Å²) < 4.78 is 25.0. The van der Waals surface area contributed by atoms with Crippen LogP contribution in [0, 0.1) is 6.92 Å². The molecule has 1 aliphatic heterocycles. The second kappa shape index (κ2) is 6.57. The summed E-state index contributed by atoms with van der Waals surface area (Å²) >= 11 is 6.43. The summed E-state index contributed by atoms with van der Waals surface area (Å²) in [6.45, 7) is 1.84. The van der Waals surface area contributed by atoms with E-state index in [4.69, 9.17) is 11.6 Å². The molecule has 0 saturated carbocycles. The fourth-order valence-electron chi connectivity index (χ4n) is 2.74. The van der Waals surface area contributed by atoms with Gasteiger partial charge in [0.05, 0.1) is 40.7 Å². The summed E-state index contributed by atoms with van der Waals surface area (Å²) in [7, 11) is -1.14. The highest BCUT2D eigenvalue weighted by Crippen LogP contribution is 2.29. The van der Waals surface area contributed by atoms with Gasteiger partial charge < -0.3 is 0 Å². The second-order valence-corrected chi connectivity index (χ2v) is 8.48. The number of benzene rings is 1. The quantitative estimate of drug-likeness (QED) is 0.616. The van der Waals surface area contributed by atoms with Gasteiger partial charge in [-0.15, -0.1) is 0 Å². The first-order valence-electron chi connectivity index (χ1n) is 7.65. The van der Waals surface area contributed by atoms with E-state index in [0.717, 1.165) is 11.4 Å². The minimum atomic E-state index is -2.99. The molecule has 0 unspecified atom stereocenters. The van der Waals surface area contributed by atoms with E-state index in [0.29, 0.717) is 17.1 Å². The van der Waals surface area contributed by atoms with Crippen molar-refractivity contribution in [3.8, 4) is 0 Å². The van der Waals surface area contributed by atoms with E-state index in [-0.39, 0.29) is 17.5 Å². The maximum atomic E-state index is 11.7. The predicted molar refractivity (Wildman–Crippen MR) is 96.7 cm³/mol. The summed E-state index contributed by atoms with van der Waals surface area (Å²) in [6, 6.07) is 9.55. The van der Waals surface area contributed by atoms with E-state index < -0.39 is 9.84 Å². The molecular formula is C16H19ClN4O2S. The van der Waals surface area contributed by atoms with Gasteiger partial charge in [0.25, 0.3) is 0 Å². The molecule has 2 aromatic rings. The van der Waals surface area contributed by atoms with Crippen molar-refractivity contribution in [2.24, 2.45) is 5.10 Å². The van der Waals surface area contributed by atoms with E-state index in [1.165, 1.54) is 0 Å². The lowest BCUT2D eigenvalue weighted by Gasteiger charge is -2.12. The van der Waals surface area contributed by atoms with Crippen LogP contribution in [0.4, 0.5) is 5.69 Å². The molecule has 0 bridgehead atoms. The van der Waals surface area contributed by atoms with E-state index in [2.05, 4.69) is 10.2 Å². The van der Waals surface area contributed by atoms with Crippen LogP contribution in [0.3, 0.4) is 0 Å². The van der Waals surface area contributed by atoms with Gasteiger partial charge in [0.2, 0.25) is 0 Å². The molecule has 0 radical (unpaired) electrons. The van der Waals surface area contributed by atoms with Crippen molar-refractivity contribution in [2.75, 3.05) is 23.6 Å². The van der Waals surface area contributed by atoms with E-state index >= 15 is 0 Å². The summed E-state index contributed by atoms with van der Waals surface area (Å²) in [6.07, 6.45) is 2.21. The summed E-state index contributed by atoms with van der Waals surface area (Å²) in [4.78, 5) is 0. The Morgan fingerprint density at radius 2 is 2.08 bits per heavy atom. The molecule has 1 atom stereocenters. The number of aromatic nitrogens is 2. The van der Waals surface area contributed by atoms with Crippen molar-refractivity contribution in [2.45, 2.75) is 19.4 Å². The highest BCUT2D eigenvalue weighted by Gasteiger charge is 2.31. The highest BCUT2D eigenvalue weighted by atomic mass is 35.5. The molecule has 2 heterocycles. The number of halogens is 1. The molecule has 0 N–H and O–H groups in total. The van der Waals surface area contributed by atoms with E-state index in [9.17, 15) is 8.42 Å². The molecule has 24 heavy (non-hydrogen) atoms. The standard InChI is InChI=1S/C16H19ClN4O2S/c1-12-15(10-18-20(2)13-6-4-3-5-7-13)16(17)21(19-12)14-8-9-24(22,23)11-14/h3-7,10,14H,8-9,11H2,1-2H3/b18-10-/t14-/m1/s1. The van der Waals surface area contributed by atoms with Crippen LogP contribution in [0.1, 0.15) is 23.7 Å². The summed E-state index contributed by atoms with van der Waals surface area (Å²) in [5, 5.41) is 11.0. The van der Waals surface area contributed by atoms with Crippen molar-refractivity contribution in [1.29, 1.82) is 0 Å². The van der Waals surface area contributed by atoms with Crippen LogP contribution in [0.15, 0.2) is 35.4 Å². The van der Waals surface area contributed by atoms with Crippen LogP contribution in [-0.2, 0) is 9.84 Å². The molecule has 3 rings (SSSR count). The Hall–Kier alpha value is -1.86. The maximum Gasteiger partial charge on any atom is 0.152 e. The number of hydrazone groups is 1. The Morgan fingerprint density at radius 3 is 2.71 bits per heavy atom. The average Bonchev–Trinajstić information content (AvgIpc) is 3.05. The van der Waals surface area contributed by atoms with Crippen molar-refractivity contribution >= 4 is 33.3 Å². The molecule has 1 aromatic carbocycles. The van der Waals surface area contributed by atoms with Gasteiger partial charge in [0.15, 0.2) is 9.84 Å². The smallest absolute Gasteiger partial charge is 0.152 e. The number of para-hydroxylation sites is 1. The summed E-state index contributed by atoms with van der Waals surface area (Å²) in [5.41, 5.74) is 2.40. The number of sulfone groups is 1. The zero-order valence-corrected chi connectivity index (χ0v) is 15.1. The zero-order valence-electron chi connectivity index (χ0n) is 13.6. The predicted octanol–water partition coefficient (Wildman–Crippen LogP) is 2.67. The largest absolute Gasteiger partial charge is 0.269 e. The van der Waals surface area contributed by atoms with E-state index in [1.807, 2.05) is 44.3 Å². The lowest BCUT2D eigenvalue weighted by molar-refractivity contribution is 0.497. The molecule has 0 amide bonds. The number of aryl methyl sites for hydroxylation is 1. The van der Waals surface area contributed by atoms with Crippen LogP contribution in [0.25, 0.3) is 0 Å². The lowest BCUT2D eigenvalue weighted by atomic mass is 10.2. The maximum absolute atomic E-state index is 11.7. The zero-order chi connectivity index (χ0) is 17.3. The fourth-order valence-corrected chi connectivity index (χ4v) is 4.80. The third-order valence-corrected chi connectivity index (χ3v) is 6.24. The van der Waals surface area contributed by atoms with Crippen LogP contribution in [0.5, 0.6) is 0 Å². The molecule has 8 heteroatoms. The van der Waals surface area contributed by atoms with Crippen LogP contribution in [0.2, 0.25) is 5.15 Å². The van der Waals surface area contributed by atoms with Crippen molar-refractivity contribution in [3.63, 3.8) is 0 Å². The van der Waals surface area contributed by atoms with Gasteiger partial charge in [0, 0.05) is 7.05 Å². The number of hydrogen-bond acceptors (Lipinski definition) is 5. The monoisotopic (exact) mass is 366 g/mol. The molecule has 1 saturated heterocycles. The van der Waals surface area contributed by atoms with Crippen molar-refractivity contribution < 1.29 is 8.42 Å². The van der Waals surface area contributed by atoms with Gasteiger partial charge in [-0.05, 0) is 25.5 Å². The van der Waals surface area contributed by atoms with Crippen molar-refractivity contribution in [1.82, 2.24) is 9.78 Å². The van der Waals surface area contributed by atoms with Gasteiger partial charge in [-0.25, -0.2) is 13.1 Å².